The molecule has 11 heavy (non-hydrogen) atoms. The van der Waals surface area contributed by atoms with Crippen molar-refractivity contribution in [2.75, 3.05) is 6.61 Å². The Morgan fingerprint density at radius 1 is 1.18 bits per heavy atom. The van der Waals surface area contributed by atoms with Crippen LogP contribution in [0.1, 0.15) is 32.1 Å². The molecule has 0 heterocycles. The molecule has 0 aromatic heterocycles. The number of hydrogen-bond donors (Lipinski definition) is 1. The fourth-order valence-corrected chi connectivity index (χ4v) is 1.78. The van der Waals surface area contributed by atoms with Crippen LogP contribution in [0, 0.1) is 24.2 Å². The quantitative estimate of drug-likeness (QED) is 0.598. The average molecular weight is 152 g/mol. The van der Waals surface area contributed by atoms with Crippen molar-refractivity contribution in [3.8, 4) is 12.3 Å². The maximum absolute atomic E-state index is 8.87. The minimum absolute atomic E-state index is 0.364. The Kier molecular flexibility index (Phi) is 3.45. The number of aliphatic hydroxyl groups excluding tert-OH is 1. The third-order valence-electron chi connectivity index (χ3n) is 2.63. The van der Waals surface area contributed by atoms with Crippen LogP contribution in [0.5, 0.6) is 0 Å². The van der Waals surface area contributed by atoms with E-state index in [2.05, 4.69) is 5.92 Å². The van der Waals surface area contributed by atoms with E-state index in [1.165, 1.54) is 25.7 Å². The largest absolute Gasteiger partial charge is 0.396 e. The summed E-state index contributed by atoms with van der Waals surface area (Å²) in [6.07, 6.45) is 10.9. The lowest BCUT2D eigenvalue weighted by Crippen LogP contribution is -2.16. The van der Waals surface area contributed by atoms with Crippen LogP contribution in [0.4, 0.5) is 0 Å². The van der Waals surface area contributed by atoms with Gasteiger partial charge in [-0.15, -0.1) is 12.3 Å². The minimum atomic E-state index is 0.364. The minimum Gasteiger partial charge on any atom is -0.396 e. The van der Waals surface area contributed by atoms with Crippen LogP contribution in [0.25, 0.3) is 0 Å². The Labute approximate surface area is 68.8 Å². The maximum atomic E-state index is 8.87. The van der Waals surface area contributed by atoms with Gasteiger partial charge in [-0.2, -0.15) is 0 Å². The van der Waals surface area contributed by atoms with Gasteiger partial charge < -0.3 is 5.11 Å². The van der Waals surface area contributed by atoms with Crippen LogP contribution >= 0.6 is 0 Å². The predicted molar refractivity (Wildman–Crippen MR) is 46.0 cm³/mol. The maximum Gasteiger partial charge on any atom is 0.0459 e. The summed E-state index contributed by atoms with van der Waals surface area (Å²) in [5, 5.41) is 8.87. The molecule has 1 aliphatic rings. The lowest BCUT2D eigenvalue weighted by Gasteiger charge is -2.25. The Balaban J connectivity index is 2.20. The van der Waals surface area contributed by atoms with E-state index >= 15 is 0 Å². The summed E-state index contributed by atoms with van der Waals surface area (Å²) in [5.41, 5.74) is 0. The zero-order valence-electron chi connectivity index (χ0n) is 6.92. The molecule has 1 aliphatic carbocycles. The van der Waals surface area contributed by atoms with Crippen LogP contribution in [0.2, 0.25) is 0 Å². The molecule has 0 radical (unpaired) electrons. The van der Waals surface area contributed by atoms with E-state index in [0.29, 0.717) is 12.5 Å². The van der Waals surface area contributed by atoms with Crippen molar-refractivity contribution in [2.24, 2.45) is 11.8 Å². The zero-order valence-corrected chi connectivity index (χ0v) is 6.92. The predicted octanol–water partition coefficient (Wildman–Crippen LogP) is 1.81. The molecular weight excluding hydrogens is 136 g/mol. The van der Waals surface area contributed by atoms with Gasteiger partial charge in [0.2, 0.25) is 0 Å². The van der Waals surface area contributed by atoms with E-state index in [1.807, 2.05) is 0 Å². The molecule has 0 aliphatic heterocycles. The highest BCUT2D eigenvalue weighted by atomic mass is 16.3. The second kappa shape index (κ2) is 4.41. The van der Waals surface area contributed by atoms with Crippen LogP contribution in [-0.4, -0.2) is 11.7 Å². The molecule has 1 rings (SSSR count). The van der Waals surface area contributed by atoms with Gasteiger partial charge in [-0.05, 0) is 37.5 Å². The fraction of sp³-hybridized carbons (Fsp3) is 0.800. The van der Waals surface area contributed by atoms with Gasteiger partial charge in [-0.3, -0.25) is 0 Å². The molecule has 0 aromatic carbocycles. The van der Waals surface area contributed by atoms with Gasteiger partial charge in [0, 0.05) is 13.0 Å². The van der Waals surface area contributed by atoms with Gasteiger partial charge in [0.05, 0.1) is 0 Å². The lowest BCUT2D eigenvalue weighted by atomic mass is 9.81. The number of rotatable bonds is 2. The molecule has 0 unspecified atom stereocenters. The standard InChI is InChI=1S/C10H16O/c1-2-3-9-4-6-10(8-11)7-5-9/h1,9-11H,3-8H2. The number of aliphatic hydroxyl groups is 1. The Morgan fingerprint density at radius 3 is 2.18 bits per heavy atom. The van der Waals surface area contributed by atoms with E-state index in [4.69, 9.17) is 11.5 Å². The molecule has 0 saturated heterocycles. The Hall–Kier alpha value is -0.480. The van der Waals surface area contributed by atoms with Crippen LogP contribution < -0.4 is 0 Å². The molecule has 1 fully saturated rings. The molecule has 0 atom stereocenters. The highest BCUT2D eigenvalue weighted by molar-refractivity contribution is 4.88. The molecule has 0 spiro atoms. The number of hydrogen-bond acceptors (Lipinski definition) is 1. The van der Waals surface area contributed by atoms with Crippen LogP contribution in [-0.2, 0) is 0 Å². The first kappa shape index (κ1) is 8.62. The highest BCUT2D eigenvalue weighted by Gasteiger charge is 2.19. The Bertz CT molecular complexity index is 137. The third-order valence-corrected chi connectivity index (χ3v) is 2.63. The average Bonchev–Trinajstić information content (AvgIpc) is 2.07. The topological polar surface area (TPSA) is 20.2 Å². The summed E-state index contributed by atoms with van der Waals surface area (Å²) in [6.45, 7) is 0.364. The fourth-order valence-electron chi connectivity index (χ4n) is 1.78. The van der Waals surface area contributed by atoms with E-state index < -0.39 is 0 Å². The normalized spacial score (nSPS) is 31.3. The summed E-state index contributed by atoms with van der Waals surface area (Å²) in [7, 11) is 0. The summed E-state index contributed by atoms with van der Waals surface area (Å²) in [4.78, 5) is 0. The molecule has 0 bridgehead atoms. The van der Waals surface area contributed by atoms with Gasteiger partial charge >= 0.3 is 0 Å². The third kappa shape index (κ3) is 2.55. The molecule has 1 heteroatoms. The van der Waals surface area contributed by atoms with Gasteiger partial charge in [-0.25, -0.2) is 0 Å². The first-order valence-corrected chi connectivity index (χ1v) is 4.41. The van der Waals surface area contributed by atoms with Gasteiger partial charge in [0.15, 0.2) is 0 Å². The molecule has 0 amide bonds. The van der Waals surface area contributed by atoms with Crippen molar-refractivity contribution in [1.29, 1.82) is 0 Å². The smallest absolute Gasteiger partial charge is 0.0459 e. The monoisotopic (exact) mass is 152 g/mol. The SMILES string of the molecule is C#CCC1CCC(CO)CC1. The second-order valence-corrected chi connectivity index (χ2v) is 3.48. The van der Waals surface area contributed by atoms with Crippen molar-refractivity contribution in [3.63, 3.8) is 0 Å². The molecule has 1 nitrogen and oxygen atoms in total. The number of terminal acetylenes is 1. The van der Waals surface area contributed by atoms with Crippen molar-refractivity contribution in [2.45, 2.75) is 32.1 Å². The molecule has 62 valence electrons. The summed E-state index contributed by atoms with van der Waals surface area (Å²) in [5.74, 6) is 4.01. The molecule has 1 saturated carbocycles. The highest BCUT2D eigenvalue weighted by Crippen LogP contribution is 2.29. The second-order valence-electron chi connectivity index (χ2n) is 3.48. The first-order valence-electron chi connectivity index (χ1n) is 4.41. The Morgan fingerprint density at radius 2 is 1.73 bits per heavy atom. The molecular formula is C10H16O. The van der Waals surface area contributed by atoms with Crippen molar-refractivity contribution in [1.82, 2.24) is 0 Å². The van der Waals surface area contributed by atoms with Crippen molar-refractivity contribution < 1.29 is 5.11 Å². The summed E-state index contributed by atoms with van der Waals surface area (Å²) in [6, 6.07) is 0. The molecule has 0 aromatic rings. The molecule has 1 N–H and O–H groups in total. The zero-order chi connectivity index (χ0) is 8.10. The van der Waals surface area contributed by atoms with Crippen molar-refractivity contribution in [3.05, 3.63) is 0 Å². The van der Waals surface area contributed by atoms with E-state index in [1.54, 1.807) is 0 Å². The van der Waals surface area contributed by atoms with Crippen LogP contribution in [0.3, 0.4) is 0 Å². The first-order chi connectivity index (χ1) is 5.36. The summed E-state index contributed by atoms with van der Waals surface area (Å²) >= 11 is 0. The lowest BCUT2D eigenvalue weighted by molar-refractivity contribution is 0.168. The van der Waals surface area contributed by atoms with E-state index in [-0.39, 0.29) is 0 Å². The van der Waals surface area contributed by atoms with Gasteiger partial charge in [0.1, 0.15) is 0 Å². The van der Waals surface area contributed by atoms with Gasteiger partial charge in [-0.1, -0.05) is 0 Å². The van der Waals surface area contributed by atoms with E-state index in [9.17, 15) is 0 Å². The van der Waals surface area contributed by atoms with E-state index in [0.717, 1.165) is 12.3 Å². The van der Waals surface area contributed by atoms with Gasteiger partial charge in [0.25, 0.3) is 0 Å². The summed E-state index contributed by atoms with van der Waals surface area (Å²) < 4.78 is 0. The van der Waals surface area contributed by atoms with Crippen molar-refractivity contribution >= 4 is 0 Å². The van der Waals surface area contributed by atoms with Crippen LogP contribution in [0.15, 0.2) is 0 Å².